The van der Waals surface area contributed by atoms with Gasteiger partial charge in [0, 0.05) is 24.0 Å². The summed E-state index contributed by atoms with van der Waals surface area (Å²) in [6, 6.07) is 9.16. The Bertz CT molecular complexity index is 660. The molecule has 0 aliphatic carbocycles. The van der Waals surface area contributed by atoms with Crippen LogP contribution in [0.5, 0.6) is 0 Å². The molecule has 2 atom stereocenters. The lowest BCUT2D eigenvalue weighted by molar-refractivity contribution is 0.192. The molecule has 1 aromatic heterocycles. The average molecular weight is 303 g/mol. The van der Waals surface area contributed by atoms with Gasteiger partial charge in [-0.25, -0.2) is 9.97 Å². The monoisotopic (exact) mass is 302 g/mol. The molecule has 0 bridgehead atoms. The molecule has 4 nitrogen and oxygen atoms in total. The van der Waals surface area contributed by atoms with E-state index in [9.17, 15) is 0 Å². The van der Waals surface area contributed by atoms with Crippen molar-refractivity contribution >= 4 is 28.3 Å². The van der Waals surface area contributed by atoms with Crippen LogP contribution in [-0.4, -0.2) is 40.0 Å². The molecular formula is C16H19ClN4. The van der Waals surface area contributed by atoms with Crippen LogP contribution in [0.2, 0.25) is 5.28 Å². The minimum atomic E-state index is 0.315. The second kappa shape index (κ2) is 5.43. The first-order valence-electron chi connectivity index (χ1n) is 7.74. The van der Waals surface area contributed by atoms with E-state index in [1.54, 1.807) is 0 Å². The molecule has 0 saturated carbocycles. The predicted molar refractivity (Wildman–Crippen MR) is 85.8 cm³/mol. The molecule has 21 heavy (non-hydrogen) atoms. The maximum Gasteiger partial charge on any atom is 0.224 e. The summed E-state index contributed by atoms with van der Waals surface area (Å²) in [4.78, 5) is 11.3. The van der Waals surface area contributed by atoms with Crippen LogP contribution in [0, 0.1) is 0 Å². The van der Waals surface area contributed by atoms with E-state index in [2.05, 4.69) is 26.3 Å². The average Bonchev–Trinajstić information content (AvgIpc) is 2.90. The van der Waals surface area contributed by atoms with E-state index in [0.717, 1.165) is 16.7 Å². The van der Waals surface area contributed by atoms with Crippen molar-refractivity contribution in [2.75, 3.05) is 18.4 Å². The Morgan fingerprint density at radius 1 is 1.10 bits per heavy atom. The number of aromatic nitrogens is 2. The normalized spacial score (nSPS) is 26.0. The topological polar surface area (TPSA) is 41.1 Å². The maximum atomic E-state index is 6.07. The predicted octanol–water partition coefficient (Wildman–Crippen LogP) is 3.32. The number of nitrogens with zero attached hydrogens (tertiary/aromatic N) is 3. The molecule has 2 saturated heterocycles. The first kappa shape index (κ1) is 13.3. The standard InChI is InChI=1S/C16H19ClN4/c17-16-19-12-6-2-1-5-11(12)15(20-16)18-13-8-10-21-9-4-3-7-14(13)21/h1-2,5-6,13-14H,3-4,7-10H2,(H,18,19,20). The Morgan fingerprint density at radius 3 is 2.95 bits per heavy atom. The molecule has 4 rings (SSSR count). The number of hydrogen-bond donors (Lipinski definition) is 1. The third-order valence-corrected chi connectivity index (χ3v) is 4.92. The van der Waals surface area contributed by atoms with Crippen LogP contribution in [0.25, 0.3) is 10.9 Å². The molecule has 2 unspecified atom stereocenters. The van der Waals surface area contributed by atoms with Gasteiger partial charge in [0.1, 0.15) is 5.82 Å². The molecule has 2 aromatic rings. The minimum absolute atomic E-state index is 0.315. The SMILES string of the molecule is Clc1nc(NC2CCN3CCCCC23)c2ccccc2n1. The van der Waals surface area contributed by atoms with Crippen LogP contribution in [0.1, 0.15) is 25.7 Å². The molecular weight excluding hydrogens is 284 g/mol. The summed E-state index contributed by atoms with van der Waals surface area (Å²) >= 11 is 6.07. The number of nitrogens with one attached hydrogen (secondary N) is 1. The van der Waals surface area contributed by atoms with Gasteiger partial charge in [-0.05, 0) is 49.5 Å². The van der Waals surface area contributed by atoms with Gasteiger partial charge in [-0.2, -0.15) is 0 Å². The van der Waals surface area contributed by atoms with Crippen molar-refractivity contribution in [2.45, 2.75) is 37.8 Å². The fraction of sp³-hybridized carbons (Fsp3) is 0.500. The quantitative estimate of drug-likeness (QED) is 0.864. The fourth-order valence-electron chi connectivity index (χ4n) is 3.75. The lowest BCUT2D eigenvalue weighted by atomic mass is 9.99. The smallest absolute Gasteiger partial charge is 0.224 e. The van der Waals surface area contributed by atoms with Crippen LogP contribution >= 0.6 is 11.6 Å². The van der Waals surface area contributed by atoms with E-state index in [1.807, 2.05) is 18.2 Å². The Hall–Kier alpha value is -1.39. The number of piperidine rings is 1. The number of anilines is 1. The molecule has 2 aliphatic heterocycles. The maximum absolute atomic E-state index is 6.07. The molecule has 1 aromatic carbocycles. The zero-order valence-corrected chi connectivity index (χ0v) is 12.7. The highest BCUT2D eigenvalue weighted by molar-refractivity contribution is 6.28. The van der Waals surface area contributed by atoms with Gasteiger partial charge in [0.05, 0.1) is 5.52 Å². The Kier molecular flexibility index (Phi) is 3.43. The highest BCUT2D eigenvalue weighted by Gasteiger charge is 2.35. The number of fused-ring (bicyclic) bond motifs is 2. The van der Waals surface area contributed by atoms with E-state index in [0.29, 0.717) is 17.4 Å². The van der Waals surface area contributed by atoms with E-state index in [1.165, 1.54) is 38.8 Å². The van der Waals surface area contributed by atoms with Crippen molar-refractivity contribution < 1.29 is 0 Å². The van der Waals surface area contributed by atoms with Crippen molar-refractivity contribution in [3.05, 3.63) is 29.5 Å². The summed E-state index contributed by atoms with van der Waals surface area (Å²) in [7, 11) is 0. The van der Waals surface area contributed by atoms with Gasteiger partial charge >= 0.3 is 0 Å². The summed E-state index contributed by atoms with van der Waals surface area (Å²) in [6.07, 6.45) is 5.14. The second-order valence-electron chi connectivity index (χ2n) is 6.00. The Morgan fingerprint density at radius 2 is 2.00 bits per heavy atom. The number of para-hydroxylation sites is 1. The molecule has 5 heteroatoms. The van der Waals surface area contributed by atoms with Crippen molar-refractivity contribution in [3.63, 3.8) is 0 Å². The molecule has 0 radical (unpaired) electrons. The van der Waals surface area contributed by atoms with Gasteiger partial charge in [-0.1, -0.05) is 18.6 Å². The van der Waals surface area contributed by atoms with Crippen LogP contribution in [0.15, 0.2) is 24.3 Å². The van der Waals surface area contributed by atoms with Crippen molar-refractivity contribution in [2.24, 2.45) is 0 Å². The minimum Gasteiger partial charge on any atom is -0.365 e. The third-order valence-electron chi connectivity index (χ3n) is 4.75. The zero-order valence-electron chi connectivity index (χ0n) is 11.9. The highest BCUT2D eigenvalue weighted by atomic mass is 35.5. The number of hydrogen-bond acceptors (Lipinski definition) is 4. The molecule has 2 aliphatic rings. The highest BCUT2D eigenvalue weighted by Crippen LogP contribution is 2.31. The largest absolute Gasteiger partial charge is 0.365 e. The molecule has 2 fully saturated rings. The van der Waals surface area contributed by atoms with E-state index >= 15 is 0 Å². The lowest BCUT2D eigenvalue weighted by Crippen LogP contribution is -2.41. The molecule has 1 N–H and O–H groups in total. The van der Waals surface area contributed by atoms with Gasteiger partial charge in [-0.3, -0.25) is 4.90 Å². The van der Waals surface area contributed by atoms with Gasteiger partial charge in [0.25, 0.3) is 0 Å². The Balaban J connectivity index is 1.65. The van der Waals surface area contributed by atoms with Gasteiger partial charge in [-0.15, -0.1) is 0 Å². The lowest BCUT2D eigenvalue weighted by Gasteiger charge is -2.32. The van der Waals surface area contributed by atoms with Crippen LogP contribution in [0.3, 0.4) is 0 Å². The first-order chi connectivity index (χ1) is 10.3. The van der Waals surface area contributed by atoms with E-state index < -0.39 is 0 Å². The fourth-order valence-corrected chi connectivity index (χ4v) is 3.93. The summed E-state index contributed by atoms with van der Waals surface area (Å²) in [5.74, 6) is 0.878. The third kappa shape index (κ3) is 2.47. The van der Waals surface area contributed by atoms with E-state index in [4.69, 9.17) is 11.6 Å². The first-order valence-corrected chi connectivity index (χ1v) is 8.12. The Labute approximate surface area is 129 Å². The van der Waals surface area contributed by atoms with Crippen LogP contribution in [-0.2, 0) is 0 Å². The van der Waals surface area contributed by atoms with Gasteiger partial charge in [0.15, 0.2) is 0 Å². The van der Waals surface area contributed by atoms with Gasteiger partial charge in [0.2, 0.25) is 5.28 Å². The summed E-state index contributed by atoms with van der Waals surface area (Å²) in [5, 5.41) is 5.01. The summed E-state index contributed by atoms with van der Waals surface area (Å²) < 4.78 is 0. The van der Waals surface area contributed by atoms with Crippen molar-refractivity contribution in [1.82, 2.24) is 14.9 Å². The zero-order chi connectivity index (χ0) is 14.2. The van der Waals surface area contributed by atoms with Gasteiger partial charge < -0.3 is 5.32 Å². The van der Waals surface area contributed by atoms with Crippen LogP contribution in [0.4, 0.5) is 5.82 Å². The molecule has 110 valence electrons. The number of halogens is 1. The second-order valence-corrected chi connectivity index (χ2v) is 6.34. The summed E-state index contributed by atoms with van der Waals surface area (Å²) in [6.45, 7) is 2.44. The number of rotatable bonds is 2. The molecule has 0 amide bonds. The molecule has 0 spiro atoms. The summed E-state index contributed by atoms with van der Waals surface area (Å²) in [5.41, 5.74) is 0.901. The number of benzene rings is 1. The van der Waals surface area contributed by atoms with E-state index in [-0.39, 0.29) is 0 Å². The van der Waals surface area contributed by atoms with Crippen molar-refractivity contribution in [1.29, 1.82) is 0 Å². The van der Waals surface area contributed by atoms with Crippen molar-refractivity contribution in [3.8, 4) is 0 Å². The van der Waals surface area contributed by atoms with Crippen LogP contribution < -0.4 is 5.32 Å². The molecule has 3 heterocycles.